The Morgan fingerprint density at radius 3 is 2.88 bits per heavy atom. The van der Waals surface area contributed by atoms with E-state index in [0.717, 1.165) is 13.2 Å². The molecule has 1 aromatic heterocycles. The van der Waals surface area contributed by atoms with Crippen molar-refractivity contribution in [2.75, 3.05) is 45.7 Å². The summed E-state index contributed by atoms with van der Waals surface area (Å²) in [6.45, 7) is 2.95. The third-order valence-corrected chi connectivity index (χ3v) is 3.23. The molecule has 1 heterocycles. The van der Waals surface area contributed by atoms with Crippen LogP contribution in [0.3, 0.4) is 0 Å². The second-order valence-electron chi connectivity index (χ2n) is 3.67. The van der Waals surface area contributed by atoms with Crippen LogP contribution >= 0.6 is 27.5 Å². The van der Waals surface area contributed by atoms with Crippen LogP contribution in [0.1, 0.15) is 0 Å². The van der Waals surface area contributed by atoms with Crippen molar-refractivity contribution in [3.05, 3.63) is 16.0 Å². The van der Waals surface area contributed by atoms with E-state index in [1.807, 2.05) is 14.1 Å². The van der Waals surface area contributed by atoms with Gasteiger partial charge in [-0.1, -0.05) is 11.6 Å². The van der Waals surface area contributed by atoms with E-state index in [4.69, 9.17) is 16.3 Å². The highest BCUT2D eigenvalue weighted by Crippen LogP contribution is 2.25. The number of hydrogen-bond donors (Lipinski definition) is 1. The molecule has 0 unspecified atom stereocenters. The first kappa shape index (κ1) is 14.6. The maximum atomic E-state index is 5.84. The fraction of sp³-hybridized carbons (Fsp3) is 0.600. The van der Waals surface area contributed by atoms with Gasteiger partial charge >= 0.3 is 0 Å². The number of hydrogen-bond acceptors (Lipinski definition) is 5. The molecule has 0 spiro atoms. The number of likely N-dealkylation sites (N-methyl/N-ethyl adjacent to an activating group) is 1. The van der Waals surface area contributed by atoms with Gasteiger partial charge in [-0.25, -0.2) is 9.97 Å². The minimum atomic E-state index is 0.399. The van der Waals surface area contributed by atoms with Crippen LogP contribution in [0.15, 0.2) is 10.8 Å². The van der Waals surface area contributed by atoms with Crippen molar-refractivity contribution < 1.29 is 4.74 Å². The van der Waals surface area contributed by atoms with Crippen molar-refractivity contribution in [2.24, 2.45) is 0 Å². The van der Waals surface area contributed by atoms with E-state index in [1.54, 1.807) is 0 Å². The van der Waals surface area contributed by atoms with Crippen LogP contribution in [-0.4, -0.2) is 55.3 Å². The second kappa shape index (κ2) is 7.81. The van der Waals surface area contributed by atoms with E-state index in [2.05, 4.69) is 36.1 Å². The van der Waals surface area contributed by atoms with Gasteiger partial charge in [0.1, 0.15) is 17.3 Å². The van der Waals surface area contributed by atoms with Crippen LogP contribution in [0.2, 0.25) is 5.15 Å². The number of halogens is 2. The molecule has 0 bridgehead atoms. The Morgan fingerprint density at radius 1 is 1.41 bits per heavy atom. The molecule has 0 amide bonds. The highest BCUT2D eigenvalue weighted by Gasteiger charge is 2.05. The van der Waals surface area contributed by atoms with Gasteiger partial charge in [-0.15, -0.1) is 0 Å². The molecule has 1 rings (SSSR count). The van der Waals surface area contributed by atoms with Crippen molar-refractivity contribution in [1.29, 1.82) is 0 Å². The molecule has 0 aliphatic rings. The van der Waals surface area contributed by atoms with Gasteiger partial charge in [-0.05, 0) is 30.0 Å². The van der Waals surface area contributed by atoms with Gasteiger partial charge in [0.2, 0.25) is 0 Å². The lowest BCUT2D eigenvalue weighted by molar-refractivity contribution is 0.126. The summed E-state index contributed by atoms with van der Waals surface area (Å²) in [5.74, 6) is 0.682. The van der Waals surface area contributed by atoms with Crippen LogP contribution in [0, 0.1) is 0 Å². The molecule has 17 heavy (non-hydrogen) atoms. The molecular formula is C10H16BrClN4O. The van der Waals surface area contributed by atoms with Crippen LogP contribution in [0.5, 0.6) is 0 Å². The lowest BCUT2D eigenvalue weighted by atomic mass is 10.5. The molecule has 1 N–H and O–H groups in total. The number of anilines is 1. The van der Waals surface area contributed by atoms with Gasteiger partial charge in [-0.2, -0.15) is 0 Å². The molecule has 7 heteroatoms. The van der Waals surface area contributed by atoms with Gasteiger partial charge in [-0.3, -0.25) is 0 Å². The number of aromatic nitrogens is 2. The Balaban J connectivity index is 2.20. The maximum Gasteiger partial charge on any atom is 0.148 e. The molecule has 5 nitrogen and oxygen atoms in total. The standard InChI is InChI=1S/C10H16BrClN4O/c1-16(2)4-6-17-5-3-13-10-8(11)9(12)14-7-15-10/h7H,3-6H2,1-2H3,(H,13,14,15). The first-order valence-electron chi connectivity index (χ1n) is 5.23. The van der Waals surface area contributed by atoms with E-state index in [-0.39, 0.29) is 0 Å². The van der Waals surface area contributed by atoms with Crippen molar-refractivity contribution >= 4 is 33.3 Å². The lowest BCUT2D eigenvalue weighted by Crippen LogP contribution is -2.20. The van der Waals surface area contributed by atoms with Crippen molar-refractivity contribution in [2.45, 2.75) is 0 Å². The Bertz CT molecular complexity index is 351. The summed E-state index contributed by atoms with van der Waals surface area (Å²) >= 11 is 9.15. The SMILES string of the molecule is CN(C)CCOCCNc1ncnc(Cl)c1Br. The minimum absolute atomic E-state index is 0.399. The van der Waals surface area contributed by atoms with Gasteiger partial charge in [0, 0.05) is 13.1 Å². The summed E-state index contributed by atoms with van der Waals surface area (Å²) in [6.07, 6.45) is 1.42. The molecular weight excluding hydrogens is 307 g/mol. The molecule has 0 atom stereocenters. The van der Waals surface area contributed by atoms with E-state index >= 15 is 0 Å². The summed E-state index contributed by atoms with van der Waals surface area (Å²) in [5.41, 5.74) is 0. The maximum absolute atomic E-state index is 5.84. The molecule has 0 aliphatic heterocycles. The average Bonchev–Trinajstić information content (AvgIpc) is 2.28. The third kappa shape index (κ3) is 5.63. The fourth-order valence-electron chi connectivity index (χ4n) is 1.06. The zero-order valence-corrected chi connectivity index (χ0v) is 12.3. The van der Waals surface area contributed by atoms with Crippen LogP contribution in [-0.2, 0) is 4.74 Å². The van der Waals surface area contributed by atoms with E-state index in [1.165, 1.54) is 6.33 Å². The smallest absolute Gasteiger partial charge is 0.148 e. The largest absolute Gasteiger partial charge is 0.378 e. The minimum Gasteiger partial charge on any atom is -0.378 e. The molecule has 0 radical (unpaired) electrons. The first-order chi connectivity index (χ1) is 8.11. The predicted octanol–water partition coefficient (Wildman–Crippen LogP) is 1.88. The zero-order chi connectivity index (χ0) is 12.7. The van der Waals surface area contributed by atoms with Gasteiger partial charge in [0.25, 0.3) is 0 Å². The van der Waals surface area contributed by atoms with Crippen LogP contribution in [0.25, 0.3) is 0 Å². The van der Waals surface area contributed by atoms with E-state index in [0.29, 0.717) is 28.6 Å². The predicted molar refractivity (Wildman–Crippen MR) is 72.6 cm³/mol. The number of nitrogens with one attached hydrogen (secondary N) is 1. The van der Waals surface area contributed by atoms with Crippen molar-refractivity contribution in [3.63, 3.8) is 0 Å². The Labute approximate surface area is 115 Å². The van der Waals surface area contributed by atoms with Gasteiger partial charge in [0.15, 0.2) is 0 Å². The molecule has 1 aromatic rings. The summed E-state index contributed by atoms with van der Waals surface area (Å²) < 4.78 is 6.12. The lowest BCUT2D eigenvalue weighted by Gasteiger charge is -2.11. The second-order valence-corrected chi connectivity index (χ2v) is 4.82. The van der Waals surface area contributed by atoms with Crippen LogP contribution in [0.4, 0.5) is 5.82 Å². The quantitative estimate of drug-likeness (QED) is 0.613. The third-order valence-electron chi connectivity index (χ3n) is 1.97. The molecule has 0 saturated heterocycles. The molecule has 0 fully saturated rings. The van der Waals surface area contributed by atoms with E-state index < -0.39 is 0 Å². The number of rotatable bonds is 7. The molecule has 0 aromatic carbocycles. The number of nitrogens with zero attached hydrogens (tertiary/aromatic N) is 3. The van der Waals surface area contributed by atoms with Crippen molar-refractivity contribution in [1.82, 2.24) is 14.9 Å². The molecule has 96 valence electrons. The molecule has 0 aliphatic carbocycles. The summed E-state index contributed by atoms with van der Waals surface area (Å²) in [7, 11) is 4.03. The van der Waals surface area contributed by atoms with Gasteiger partial charge < -0.3 is 15.0 Å². The highest BCUT2D eigenvalue weighted by atomic mass is 79.9. The highest BCUT2D eigenvalue weighted by molar-refractivity contribution is 9.10. The topological polar surface area (TPSA) is 50.3 Å². The molecule has 0 saturated carbocycles. The van der Waals surface area contributed by atoms with Crippen molar-refractivity contribution in [3.8, 4) is 0 Å². The normalized spacial score (nSPS) is 10.9. The fourth-order valence-corrected chi connectivity index (χ4v) is 1.54. The summed E-state index contributed by atoms with van der Waals surface area (Å²) in [4.78, 5) is 9.99. The number of ether oxygens (including phenoxy) is 1. The van der Waals surface area contributed by atoms with E-state index in [9.17, 15) is 0 Å². The zero-order valence-electron chi connectivity index (χ0n) is 9.91. The summed E-state index contributed by atoms with van der Waals surface area (Å²) in [5, 5.41) is 3.52. The monoisotopic (exact) mass is 322 g/mol. The summed E-state index contributed by atoms with van der Waals surface area (Å²) in [6, 6.07) is 0. The van der Waals surface area contributed by atoms with Crippen LogP contribution < -0.4 is 5.32 Å². The Hall–Kier alpha value is -0.430. The Morgan fingerprint density at radius 2 is 2.18 bits per heavy atom. The first-order valence-corrected chi connectivity index (χ1v) is 6.40. The Kier molecular flexibility index (Phi) is 6.72. The average molecular weight is 324 g/mol. The van der Waals surface area contributed by atoms with Gasteiger partial charge in [0.05, 0.1) is 17.7 Å².